The largest absolute Gasteiger partial charge is 0.469 e. The van der Waals surface area contributed by atoms with Crippen molar-refractivity contribution in [2.45, 2.75) is 64.5 Å². The maximum absolute atomic E-state index is 12.7. The molecule has 1 aliphatic carbocycles. The van der Waals surface area contributed by atoms with Crippen LogP contribution >= 0.6 is 0 Å². The van der Waals surface area contributed by atoms with Gasteiger partial charge in [0.2, 0.25) is 0 Å². The summed E-state index contributed by atoms with van der Waals surface area (Å²) in [5, 5.41) is 3.21. The SMILES string of the molecule is CN=C(NCCC(=O)OC)N1CCC(N(CC2CC2)C(=O)OC(C)(C)C)CC1. The lowest BCUT2D eigenvalue weighted by Crippen LogP contribution is -2.52. The number of carbonyl (C=O) groups excluding carboxylic acids is 2. The molecule has 28 heavy (non-hydrogen) atoms. The molecular weight excluding hydrogens is 360 g/mol. The zero-order chi connectivity index (χ0) is 20.7. The van der Waals surface area contributed by atoms with E-state index in [1.54, 1.807) is 7.05 Å². The smallest absolute Gasteiger partial charge is 0.410 e. The number of hydrogen-bond acceptors (Lipinski definition) is 5. The van der Waals surface area contributed by atoms with Crippen LogP contribution in [0.1, 0.15) is 52.9 Å². The fourth-order valence-corrected chi connectivity index (χ4v) is 3.37. The van der Waals surface area contributed by atoms with Crippen LogP contribution in [0.25, 0.3) is 0 Å². The van der Waals surface area contributed by atoms with Crippen molar-refractivity contribution >= 4 is 18.0 Å². The van der Waals surface area contributed by atoms with Gasteiger partial charge in [0.25, 0.3) is 0 Å². The number of rotatable bonds is 6. The predicted octanol–water partition coefficient (Wildman–Crippen LogP) is 2.24. The molecule has 1 saturated carbocycles. The van der Waals surface area contributed by atoms with Crippen LogP contribution in [0.4, 0.5) is 4.79 Å². The summed E-state index contributed by atoms with van der Waals surface area (Å²) in [6, 6.07) is 0.194. The number of guanidine groups is 1. The first kappa shape index (κ1) is 22.3. The second-order valence-electron chi connectivity index (χ2n) is 8.59. The number of amides is 1. The quantitative estimate of drug-likeness (QED) is 0.421. The van der Waals surface area contributed by atoms with Gasteiger partial charge in [-0.15, -0.1) is 0 Å². The van der Waals surface area contributed by atoms with Crippen LogP contribution in [-0.4, -0.2) is 79.8 Å². The third-order valence-corrected chi connectivity index (χ3v) is 5.04. The van der Waals surface area contributed by atoms with Gasteiger partial charge in [0.15, 0.2) is 5.96 Å². The Bertz CT molecular complexity index is 561. The van der Waals surface area contributed by atoms with Crippen LogP contribution in [0.2, 0.25) is 0 Å². The van der Waals surface area contributed by atoms with E-state index in [1.807, 2.05) is 25.7 Å². The average Bonchev–Trinajstić information content (AvgIpc) is 3.46. The summed E-state index contributed by atoms with van der Waals surface area (Å²) in [7, 11) is 3.13. The van der Waals surface area contributed by atoms with E-state index < -0.39 is 5.60 Å². The van der Waals surface area contributed by atoms with Crippen molar-refractivity contribution in [3.05, 3.63) is 0 Å². The van der Waals surface area contributed by atoms with Gasteiger partial charge in [-0.1, -0.05) is 0 Å². The molecule has 2 aliphatic rings. The maximum Gasteiger partial charge on any atom is 0.410 e. The van der Waals surface area contributed by atoms with Gasteiger partial charge in [0.05, 0.1) is 13.5 Å². The molecule has 8 nitrogen and oxygen atoms in total. The number of nitrogens with zero attached hydrogens (tertiary/aromatic N) is 3. The van der Waals surface area contributed by atoms with E-state index in [1.165, 1.54) is 20.0 Å². The minimum absolute atomic E-state index is 0.194. The predicted molar refractivity (Wildman–Crippen MR) is 108 cm³/mol. The molecule has 160 valence electrons. The molecule has 0 aromatic rings. The summed E-state index contributed by atoms with van der Waals surface area (Å²) in [5.74, 6) is 1.17. The second kappa shape index (κ2) is 9.98. The highest BCUT2D eigenvalue weighted by Gasteiger charge is 2.35. The van der Waals surface area contributed by atoms with E-state index in [0.717, 1.165) is 38.4 Å². The molecule has 2 fully saturated rings. The molecule has 1 N–H and O–H groups in total. The number of carbonyl (C=O) groups is 2. The highest BCUT2D eigenvalue weighted by atomic mass is 16.6. The first-order valence-corrected chi connectivity index (χ1v) is 10.3. The molecule has 1 amide bonds. The van der Waals surface area contributed by atoms with Crippen LogP contribution in [0, 0.1) is 5.92 Å². The van der Waals surface area contributed by atoms with E-state index in [4.69, 9.17) is 4.74 Å². The van der Waals surface area contributed by atoms with Gasteiger partial charge in [-0.05, 0) is 52.4 Å². The number of nitrogens with one attached hydrogen (secondary N) is 1. The van der Waals surface area contributed by atoms with Crippen LogP contribution < -0.4 is 5.32 Å². The monoisotopic (exact) mass is 396 g/mol. The lowest BCUT2D eigenvalue weighted by molar-refractivity contribution is -0.140. The minimum atomic E-state index is -0.481. The van der Waals surface area contributed by atoms with Gasteiger partial charge in [-0.25, -0.2) is 4.79 Å². The summed E-state index contributed by atoms with van der Waals surface area (Å²) < 4.78 is 10.3. The Labute approximate surface area is 168 Å². The molecule has 1 heterocycles. The van der Waals surface area contributed by atoms with E-state index in [9.17, 15) is 9.59 Å². The number of piperidine rings is 1. The third kappa shape index (κ3) is 7.20. The summed E-state index contributed by atoms with van der Waals surface area (Å²) in [6.07, 6.45) is 4.27. The highest BCUT2D eigenvalue weighted by molar-refractivity contribution is 5.80. The Morgan fingerprint density at radius 1 is 1.18 bits per heavy atom. The molecule has 0 spiro atoms. The van der Waals surface area contributed by atoms with Gasteiger partial charge in [-0.3, -0.25) is 9.79 Å². The van der Waals surface area contributed by atoms with Gasteiger partial charge in [-0.2, -0.15) is 0 Å². The molecule has 8 heteroatoms. The van der Waals surface area contributed by atoms with Gasteiger partial charge < -0.3 is 24.6 Å². The topological polar surface area (TPSA) is 83.5 Å². The molecule has 0 aromatic carbocycles. The molecule has 1 saturated heterocycles. The number of aliphatic imine (C=N–C) groups is 1. The number of likely N-dealkylation sites (tertiary alicyclic amines) is 1. The average molecular weight is 397 g/mol. The van der Waals surface area contributed by atoms with Crippen molar-refractivity contribution in [2.75, 3.05) is 40.3 Å². The first-order valence-electron chi connectivity index (χ1n) is 10.3. The Morgan fingerprint density at radius 3 is 2.32 bits per heavy atom. The van der Waals surface area contributed by atoms with Crippen LogP contribution in [0.15, 0.2) is 4.99 Å². The maximum atomic E-state index is 12.7. The third-order valence-electron chi connectivity index (χ3n) is 5.04. The Balaban J connectivity index is 1.88. The van der Waals surface area contributed by atoms with Gasteiger partial charge in [0.1, 0.15) is 5.60 Å². The molecule has 0 aromatic heterocycles. The normalized spacial score (nSPS) is 18.6. The number of esters is 1. The molecule has 1 aliphatic heterocycles. The van der Waals surface area contributed by atoms with E-state index in [-0.39, 0.29) is 18.1 Å². The summed E-state index contributed by atoms with van der Waals surface area (Å²) in [6.45, 7) is 8.64. The Morgan fingerprint density at radius 2 is 1.82 bits per heavy atom. The van der Waals surface area contributed by atoms with E-state index in [0.29, 0.717) is 18.9 Å². The van der Waals surface area contributed by atoms with Crippen molar-refractivity contribution in [3.63, 3.8) is 0 Å². The minimum Gasteiger partial charge on any atom is -0.469 e. The number of methoxy groups -OCH3 is 1. The van der Waals surface area contributed by atoms with Crippen molar-refractivity contribution in [2.24, 2.45) is 10.9 Å². The van der Waals surface area contributed by atoms with Gasteiger partial charge in [0, 0.05) is 39.3 Å². The Hall–Kier alpha value is -1.99. The van der Waals surface area contributed by atoms with E-state index >= 15 is 0 Å². The zero-order valence-electron chi connectivity index (χ0n) is 18.0. The van der Waals surface area contributed by atoms with Crippen LogP contribution in [0.5, 0.6) is 0 Å². The Kier molecular flexibility index (Phi) is 7.95. The highest BCUT2D eigenvalue weighted by Crippen LogP contribution is 2.32. The fraction of sp³-hybridized carbons (Fsp3) is 0.850. The standard InChI is InChI=1S/C20H36N4O4/c1-20(2,3)28-19(26)24(14-15-6-7-15)16-9-12-23(13-10-16)18(21-4)22-11-8-17(25)27-5/h15-16H,6-14H2,1-5H3,(H,21,22). The molecule has 2 rings (SSSR count). The fourth-order valence-electron chi connectivity index (χ4n) is 3.37. The lowest BCUT2D eigenvalue weighted by atomic mass is 10.0. The van der Waals surface area contributed by atoms with E-state index in [2.05, 4.69) is 19.9 Å². The molecular formula is C20H36N4O4. The van der Waals surface area contributed by atoms with Crippen molar-refractivity contribution in [3.8, 4) is 0 Å². The van der Waals surface area contributed by atoms with Crippen molar-refractivity contribution < 1.29 is 19.1 Å². The summed E-state index contributed by atoms with van der Waals surface area (Å²) in [4.78, 5) is 32.5. The second-order valence-corrected chi connectivity index (χ2v) is 8.59. The molecule has 0 bridgehead atoms. The lowest BCUT2D eigenvalue weighted by Gasteiger charge is -2.40. The van der Waals surface area contributed by atoms with Gasteiger partial charge >= 0.3 is 12.1 Å². The van der Waals surface area contributed by atoms with Crippen molar-refractivity contribution in [1.82, 2.24) is 15.1 Å². The molecule has 0 radical (unpaired) electrons. The van der Waals surface area contributed by atoms with Crippen LogP contribution in [0.3, 0.4) is 0 Å². The van der Waals surface area contributed by atoms with Crippen LogP contribution in [-0.2, 0) is 14.3 Å². The van der Waals surface area contributed by atoms with Crippen molar-refractivity contribution in [1.29, 1.82) is 0 Å². The summed E-state index contributed by atoms with van der Waals surface area (Å²) >= 11 is 0. The first-order chi connectivity index (χ1) is 13.2. The number of hydrogen-bond donors (Lipinski definition) is 1. The molecule has 0 atom stereocenters. The zero-order valence-corrected chi connectivity index (χ0v) is 18.0. The summed E-state index contributed by atoms with van der Waals surface area (Å²) in [5.41, 5.74) is -0.481. The molecule has 0 unspecified atom stereocenters. The number of ether oxygens (including phenoxy) is 2.